The molecule has 3 N–H and O–H groups in total. The lowest BCUT2D eigenvalue weighted by Gasteiger charge is -2.22. The molecule has 2 rings (SSSR count). The Balaban J connectivity index is 2.35. The lowest BCUT2D eigenvalue weighted by atomic mass is 10.2. The molecule has 4 nitrogen and oxygen atoms in total. The monoisotopic (exact) mass is 298 g/mol. The molecule has 0 saturated carbocycles. The highest BCUT2D eigenvalue weighted by Crippen LogP contribution is 2.30. The summed E-state index contributed by atoms with van der Waals surface area (Å²) in [5.74, 6) is -1.82. The standard InChI is InChI=1S/C13H11F2N2O2S/c14-10-4-5-13(12(15)7-10)17-20(18,19)11-3-1-2-9(6-11)8-16/h1-7H,8,16H2/q-1/p+1. The number of rotatable bonds is 4. The SMILES string of the molecule is [NH3+]Cc1cccc(S(=O)(=O)[N-]c2ccc(F)cc2F)c1. The van der Waals surface area contributed by atoms with Gasteiger partial charge in [0.05, 0.1) is 11.4 Å². The first kappa shape index (κ1) is 14.4. The molecule has 2 aromatic carbocycles. The highest BCUT2D eigenvalue weighted by atomic mass is 32.2. The summed E-state index contributed by atoms with van der Waals surface area (Å²) in [4.78, 5) is -0.0534. The maximum atomic E-state index is 13.4. The van der Waals surface area contributed by atoms with Gasteiger partial charge in [-0.25, -0.2) is 17.2 Å². The van der Waals surface area contributed by atoms with Gasteiger partial charge in [-0.1, -0.05) is 23.9 Å². The first-order valence-corrected chi connectivity index (χ1v) is 7.17. The maximum absolute atomic E-state index is 13.4. The zero-order chi connectivity index (χ0) is 14.8. The van der Waals surface area contributed by atoms with E-state index in [1.807, 2.05) is 0 Å². The minimum Gasteiger partial charge on any atom is -0.570 e. The van der Waals surface area contributed by atoms with Crippen LogP contribution < -0.4 is 5.73 Å². The number of hydrogen-bond donors (Lipinski definition) is 1. The van der Waals surface area contributed by atoms with Crippen molar-refractivity contribution in [1.29, 1.82) is 0 Å². The predicted octanol–water partition coefficient (Wildman–Crippen LogP) is 2.10. The van der Waals surface area contributed by atoms with Gasteiger partial charge in [-0.2, -0.15) is 0 Å². The number of nitrogens with zero attached hydrogens (tertiary/aromatic N) is 1. The van der Waals surface area contributed by atoms with E-state index in [0.29, 0.717) is 12.6 Å². The number of sulfonamides is 1. The van der Waals surface area contributed by atoms with E-state index in [2.05, 4.69) is 10.5 Å². The van der Waals surface area contributed by atoms with Crippen molar-refractivity contribution in [2.75, 3.05) is 0 Å². The molecule has 0 radical (unpaired) electrons. The van der Waals surface area contributed by atoms with E-state index in [1.54, 1.807) is 12.1 Å². The van der Waals surface area contributed by atoms with Crippen molar-refractivity contribution in [3.8, 4) is 0 Å². The Kier molecular flexibility index (Phi) is 4.01. The molecule has 7 heteroatoms. The van der Waals surface area contributed by atoms with Gasteiger partial charge in [-0.15, -0.1) is 0 Å². The van der Waals surface area contributed by atoms with Gasteiger partial charge in [0.25, 0.3) is 0 Å². The molecule has 0 heterocycles. The van der Waals surface area contributed by atoms with Crippen molar-refractivity contribution >= 4 is 15.7 Å². The zero-order valence-corrected chi connectivity index (χ0v) is 11.2. The van der Waals surface area contributed by atoms with Crippen molar-refractivity contribution in [3.05, 3.63) is 64.4 Å². The van der Waals surface area contributed by atoms with Crippen LogP contribution in [0.25, 0.3) is 4.72 Å². The molecule has 0 fully saturated rings. The Morgan fingerprint density at radius 3 is 2.50 bits per heavy atom. The largest absolute Gasteiger partial charge is 0.570 e. The second-order valence-corrected chi connectivity index (χ2v) is 5.66. The summed E-state index contributed by atoms with van der Waals surface area (Å²) in [5.41, 5.74) is 3.96. The van der Waals surface area contributed by atoms with E-state index in [4.69, 9.17) is 0 Å². The third-order valence-electron chi connectivity index (χ3n) is 2.61. The van der Waals surface area contributed by atoms with E-state index in [9.17, 15) is 17.2 Å². The summed E-state index contributed by atoms with van der Waals surface area (Å²) in [7, 11) is -4.05. The maximum Gasteiger partial charge on any atom is 0.126 e. The summed E-state index contributed by atoms with van der Waals surface area (Å²) in [6.45, 7) is 0.425. The molecule has 0 atom stereocenters. The van der Waals surface area contributed by atoms with Crippen molar-refractivity contribution in [2.45, 2.75) is 11.4 Å². The molecule has 0 aromatic heterocycles. The van der Waals surface area contributed by atoms with Gasteiger partial charge in [-0.3, -0.25) is 0 Å². The molecule has 0 spiro atoms. The number of hydrogen-bond acceptors (Lipinski definition) is 2. The normalized spacial score (nSPS) is 11.3. The highest BCUT2D eigenvalue weighted by Gasteiger charge is 2.08. The first-order chi connectivity index (χ1) is 9.42. The second-order valence-electron chi connectivity index (χ2n) is 4.06. The lowest BCUT2D eigenvalue weighted by Crippen LogP contribution is -2.47. The Morgan fingerprint density at radius 1 is 1.10 bits per heavy atom. The van der Waals surface area contributed by atoms with Gasteiger partial charge in [0.15, 0.2) is 0 Å². The summed E-state index contributed by atoms with van der Waals surface area (Å²) in [6, 6.07) is 8.58. The van der Waals surface area contributed by atoms with Crippen LogP contribution in [-0.4, -0.2) is 8.42 Å². The molecular weight excluding hydrogens is 286 g/mol. The van der Waals surface area contributed by atoms with Crippen LogP contribution in [0, 0.1) is 11.6 Å². The fraction of sp³-hybridized carbons (Fsp3) is 0.0769. The summed E-state index contributed by atoms with van der Waals surface area (Å²) in [5, 5.41) is 0. The molecule has 0 saturated heterocycles. The van der Waals surface area contributed by atoms with E-state index in [-0.39, 0.29) is 4.90 Å². The number of halogens is 2. The topological polar surface area (TPSA) is 75.9 Å². The van der Waals surface area contributed by atoms with Crippen LogP contribution in [0.4, 0.5) is 14.5 Å². The van der Waals surface area contributed by atoms with E-state index >= 15 is 0 Å². The minimum atomic E-state index is -4.05. The van der Waals surface area contributed by atoms with Crippen molar-refractivity contribution in [3.63, 3.8) is 0 Å². The molecule has 0 aliphatic rings. The molecule has 0 amide bonds. The fourth-order valence-electron chi connectivity index (χ4n) is 1.60. The Morgan fingerprint density at radius 2 is 1.85 bits per heavy atom. The van der Waals surface area contributed by atoms with Crippen molar-refractivity contribution in [1.82, 2.24) is 0 Å². The average Bonchev–Trinajstić information content (AvgIpc) is 2.42. The zero-order valence-electron chi connectivity index (χ0n) is 10.4. The molecule has 20 heavy (non-hydrogen) atoms. The van der Waals surface area contributed by atoms with E-state index in [1.165, 1.54) is 12.1 Å². The quantitative estimate of drug-likeness (QED) is 0.938. The highest BCUT2D eigenvalue weighted by molar-refractivity contribution is 7.94. The Bertz CT molecular complexity index is 733. The average molecular weight is 298 g/mol. The third-order valence-corrected chi connectivity index (χ3v) is 3.90. The summed E-state index contributed by atoms with van der Waals surface area (Å²) in [6.07, 6.45) is 0. The van der Waals surface area contributed by atoms with Gasteiger partial charge in [-0.05, 0) is 18.2 Å². The summed E-state index contributed by atoms with van der Waals surface area (Å²) < 4.78 is 53.7. The molecule has 0 bridgehead atoms. The molecule has 0 aliphatic heterocycles. The first-order valence-electron chi connectivity index (χ1n) is 5.73. The van der Waals surface area contributed by atoms with E-state index < -0.39 is 27.3 Å². The van der Waals surface area contributed by atoms with Gasteiger partial charge in [0.1, 0.15) is 21.7 Å². The van der Waals surface area contributed by atoms with Crippen molar-refractivity contribution < 1.29 is 22.9 Å². The van der Waals surface area contributed by atoms with Gasteiger partial charge in [0.2, 0.25) is 0 Å². The van der Waals surface area contributed by atoms with Crippen molar-refractivity contribution in [2.24, 2.45) is 0 Å². The minimum absolute atomic E-state index is 0.0534. The van der Waals surface area contributed by atoms with Crippen LogP contribution in [0.15, 0.2) is 47.4 Å². The lowest BCUT2D eigenvalue weighted by molar-refractivity contribution is -0.386. The molecule has 2 aromatic rings. The van der Waals surface area contributed by atoms with Crippen LogP contribution in [0.1, 0.15) is 5.56 Å². The van der Waals surface area contributed by atoms with Crippen LogP contribution in [0.2, 0.25) is 0 Å². The van der Waals surface area contributed by atoms with E-state index in [0.717, 1.165) is 17.7 Å². The molecule has 0 aliphatic carbocycles. The number of quaternary nitrogens is 1. The smallest absolute Gasteiger partial charge is 0.126 e. The molecular formula is C13H12F2N2O2S. The van der Waals surface area contributed by atoms with Gasteiger partial charge in [0, 0.05) is 11.6 Å². The summed E-state index contributed by atoms with van der Waals surface area (Å²) >= 11 is 0. The van der Waals surface area contributed by atoms with Crippen LogP contribution in [0.3, 0.4) is 0 Å². The molecule has 106 valence electrons. The van der Waals surface area contributed by atoms with Crippen LogP contribution >= 0.6 is 0 Å². The fourth-order valence-corrected chi connectivity index (χ4v) is 2.66. The van der Waals surface area contributed by atoms with Crippen LogP contribution in [0.5, 0.6) is 0 Å². The second kappa shape index (κ2) is 5.56. The number of benzene rings is 2. The Hall–Kier alpha value is -1.99. The predicted molar refractivity (Wildman–Crippen MR) is 69.6 cm³/mol. The van der Waals surface area contributed by atoms with Gasteiger partial charge >= 0.3 is 0 Å². The van der Waals surface area contributed by atoms with Gasteiger partial charge < -0.3 is 10.5 Å². The Labute approximate surface area is 115 Å². The third kappa shape index (κ3) is 3.12. The molecule has 0 unspecified atom stereocenters. The van der Waals surface area contributed by atoms with Crippen LogP contribution in [-0.2, 0) is 16.6 Å².